The van der Waals surface area contributed by atoms with E-state index in [1.807, 2.05) is 12.1 Å². The van der Waals surface area contributed by atoms with Crippen molar-refractivity contribution in [3.63, 3.8) is 0 Å². The van der Waals surface area contributed by atoms with Crippen molar-refractivity contribution in [2.24, 2.45) is 0 Å². The van der Waals surface area contributed by atoms with Crippen LogP contribution in [0.4, 0.5) is 0 Å². The number of hydrogen-bond acceptors (Lipinski definition) is 4. The number of hydrogen-bond donors (Lipinski definition) is 2. The third kappa shape index (κ3) is 4.35. The van der Waals surface area contributed by atoms with E-state index in [9.17, 15) is 13.2 Å². The third-order valence-electron chi connectivity index (χ3n) is 4.01. The van der Waals surface area contributed by atoms with Crippen LogP contribution in [0, 0.1) is 0 Å². The molecule has 3 rings (SSSR count). The molecule has 1 fully saturated rings. The summed E-state index contributed by atoms with van der Waals surface area (Å²) in [6.07, 6.45) is 1.64. The molecular formula is C18H19ClN2O4S. The SMILES string of the molecule is COc1ccc(C(=O)NCc2ccccc2Cl)cc1S(=O)(=O)NC1CC1. The van der Waals surface area contributed by atoms with Gasteiger partial charge in [-0.25, -0.2) is 13.1 Å². The van der Waals surface area contributed by atoms with Gasteiger partial charge >= 0.3 is 0 Å². The number of rotatable bonds is 7. The Kier molecular flexibility index (Phi) is 5.50. The van der Waals surface area contributed by atoms with Crippen LogP contribution in [0.3, 0.4) is 0 Å². The van der Waals surface area contributed by atoms with E-state index in [2.05, 4.69) is 10.0 Å². The molecule has 138 valence electrons. The van der Waals surface area contributed by atoms with Gasteiger partial charge in [0.15, 0.2) is 0 Å². The zero-order valence-corrected chi connectivity index (χ0v) is 15.7. The number of amides is 1. The molecule has 1 aliphatic rings. The molecule has 8 heteroatoms. The maximum atomic E-state index is 12.5. The molecule has 26 heavy (non-hydrogen) atoms. The summed E-state index contributed by atoms with van der Waals surface area (Å²) >= 11 is 6.08. The van der Waals surface area contributed by atoms with E-state index >= 15 is 0 Å². The summed E-state index contributed by atoms with van der Waals surface area (Å²) in [4.78, 5) is 12.4. The van der Waals surface area contributed by atoms with Crippen LogP contribution in [-0.2, 0) is 16.6 Å². The molecule has 0 bridgehead atoms. The van der Waals surface area contributed by atoms with E-state index in [1.54, 1.807) is 12.1 Å². The predicted octanol–water partition coefficient (Wildman–Crippen LogP) is 2.72. The molecule has 0 aliphatic heterocycles. The van der Waals surface area contributed by atoms with E-state index in [1.165, 1.54) is 25.3 Å². The standard InChI is InChI=1S/C18H19ClN2O4S/c1-25-16-9-6-12(10-17(16)26(23,24)21-14-7-8-14)18(22)20-11-13-4-2-3-5-15(13)19/h2-6,9-10,14,21H,7-8,11H2,1H3,(H,20,22). The lowest BCUT2D eigenvalue weighted by Crippen LogP contribution is -2.27. The Labute approximate surface area is 157 Å². The number of carbonyl (C=O) groups is 1. The molecule has 1 saturated carbocycles. The quantitative estimate of drug-likeness (QED) is 0.756. The smallest absolute Gasteiger partial charge is 0.251 e. The topological polar surface area (TPSA) is 84.5 Å². The fraction of sp³-hybridized carbons (Fsp3) is 0.278. The molecule has 0 aromatic heterocycles. The Bertz CT molecular complexity index is 927. The second kappa shape index (κ2) is 7.65. The molecule has 2 aromatic carbocycles. The average Bonchev–Trinajstić information content (AvgIpc) is 3.43. The van der Waals surface area contributed by atoms with Gasteiger partial charge in [-0.1, -0.05) is 29.8 Å². The molecular weight excluding hydrogens is 376 g/mol. The van der Waals surface area contributed by atoms with E-state index < -0.39 is 15.9 Å². The lowest BCUT2D eigenvalue weighted by molar-refractivity contribution is 0.0950. The van der Waals surface area contributed by atoms with Gasteiger partial charge in [0.2, 0.25) is 10.0 Å². The van der Waals surface area contributed by atoms with Gasteiger partial charge in [0.1, 0.15) is 10.6 Å². The monoisotopic (exact) mass is 394 g/mol. The molecule has 6 nitrogen and oxygen atoms in total. The van der Waals surface area contributed by atoms with Crippen LogP contribution in [0.15, 0.2) is 47.4 Å². The Morgan fingerprint density at radius 1 is 1.23 bits per heavy atom. The largest absolute Gasteiger partial charge is 0.495 e. The van der Waals surface area contributed by atoms with Crippen LogP contribution < -0.4 is 14.8 Å². The number of carbonyl (C=O) groups excluding carboxylic acids is 1. The second-order valence-corrected chi connectivity index (χ2v) is 8.12. The highest BCUT2D eigenvalue weighted by molar-refractivity contribution is 7.89. The van der Waals surface area contributed by atoms with Crippen molar-refractivity contribution >= 4 is 27.5 Å². The first-order valence-corrected chi connectivity index (χ1v) is 9.99. The molecule has 0 heterocycles. The van der Waals surface area contributed by atoms with Crippen LogP contribution in [0.2, 0.25) is 5.02 Å². The molecule has 1 aliphatic carbocycles. The molecule has 2 aromatic rings. The van der Waals surface area contributed by atoms with E-state index in [0.29, 0.717) is 5.02 Å². The van der Waals surface area contributed by atoms with Crippen LogP contribution in [0.5, 0.6) is 5.75 Å². The van der Waals surface area contributed by atoms with Gasteiger partial charge in [-0.3, -0.25) is 4.79 Å². The summed E-state index contributed by atoms with van der Waals surface area (Å²) in [5, 5.41) is 3.30. The molecule has 0 atom stereocenters. The van der Waals surface area contributed by atoms with Gasteiger partial charge < -0.3 is 10.1 Å². The molecule has 0 unspecified atom stereocenters. The summed E-state index contributed by atoms with van der Waals surface area (Å²) in [7, 11) is -2.35. The minimum atomic E-state index is -3.75. The number of sulfonamides is 1. The van der Waals surface area contributed by atoms with Crippen LogP contribution >= 0.6 is 11.6 Å². The fourth-order valence-electron chi connectivity index (χ4n) is 2.43. The van der Waals surface area contributed by atoms with Crippen LogP contribution in [0.1, 0.15) is 28.8 Å². The first kappa shape index (κ1) is 18.7. The fourth-order valence-corrected chi connectivity index (χ4v) is 4.13. The summed E-state index contributed by atoms with van der Waals surface area (Å²) in [6.45, 7) is 0.243. The first-order valence-electron chi connectivity index (χ1n) is 8.12. The van der Waals surface area contributed by atoms with Crippen molar-refractivity contribution < 1.29 is 17.9 Å². The molecule has 0 saturated heterocycles. The van der Waals surface area contributed by atoms with Crippen molar-refractivity contribution in [1.82, 2.24) is 10.0 Å². The molecule has 1 amide bonds. The number of halogens is 1. The van der Waals surface area contributed by atoms with Crippen molar-refractivity contribution in [3.05, 3.63) is 58.6 Å². The van der Waals surface area contributed by atoms with Gasteiger partial charge in [0.05, 0.1) is 7.11 Å². The minimum Gasteiger partial charge on any atom is -0.495 e. The maximum absolute atomic E-state index is 12.5. The summed E-state index contributed by atoms with van der Waals surface area (Å²) < 4.78 is 32.8. The predicted molar refractivity (Wildman–Crippen MR) is 99.0 cm³/mol. The van der Waals surface area contributed by atoms with Gasteiger partial charge in [0.25, 0.3) is 5.91 Å². The number of ether oxygens (including phenoxy) is 1. The molecule has 2 N–H and O–H groups in total. The zero-order valence-electron chi connectivity index (χ0n) is 14.2. The Hall–Kier alpha value is -2.09. The average molecular weight is 395 g/mol. The normalized spacial score (nSPS) is 14.1. The lowest BCUT2D eigenvalue weighted by atomic mass is 10.2. The van der Waals surface area contributed by atoms with Gasteiger partial charge in [-0.15, -0.1) is 0 Å². The molecule has 0 spiro atoms. The maximum Gasteiger partial charge on any atom is 0.251 e. The Balaban J connectivity index is 1.80. The van der Waals surface area contributed by atoms with E-state index in [4.69, 9.17) is 16.3 Å². The van der Waals surface area contributed by atoms with E-state index in [0.717, 1.165) is 18.4 Å². The lowest BCUT2D eigenvalue weighted by Gasteiger charge is -2.12. The molecule has 0 radical (unpaired) electrons. The highest BCUT2D eigenvalue weighted by Gasteiger charge is 2.30. The van der Waals surface area contributed by atoms with Gasteiger partial charge in [0, 0.05) is 23.2 Å². The van der Waals surface area contributed by atoms with Crippen molar-refractivity contribution in [1.29, 1.82) is 0 Å². The van der Waals surface area contributed by atoms with Crippen LogP contribution in [0.25, 0.3) is 0 Å². The Morgan fingerprint density at radius 2 is 1.96 bits per heavy atom. The number of nitrogens with one attached hydrogen (secondary N) is 2. The third-order valence-corrected chi connectivity index (χ3v) is 5.92. The highest BCUT2D eigenvalue weighted by Crippen LogP contribution is 2.28. The summed E-state index contributed by atoms with van der Waals surface area (Å²) in [6, 6.07) is 11.5. The number of methoxy groups -OCH3 is 1. The zero-order chi connectivity index (χ0) is 18.7. The Morgan fingerprint density at radius 3 is 2.62 bits per heavy atom. The van der Waals surface area contributed by atoms with Crippen molar-refractivity contribution in [2.45, 2.75) is 30.3 Å². The van der Waals surface area contributed by atoms with E-state index in [-0.39, 0.29) is 28.8 Å². The van der Waals surface area contributed by atoms with Crippen LogP contribution in [-0.4, -0.2) is 27.5 Å². The first-order chi connectivity index (χ1) is 12.4. The minimum absolute atomic E-state index is 0.0394. The summed E-state index contributed by atoms with van der Waals surface area (Å²) in [5.74, 6) is -0.198. The van der Waals surface area contributed by atoms with Gasteiger partial charge in [-0.2, -0.15) is 0 Å². The number of benzene rings is 2. The summed E-state index contributed by atoms with van der Waals surface area (Å²) in [5.41, 5.74) is 1.01. The second-order valence-electron chi connectivity index (χ2n) is 6.04. The van der Waals surface area contributed by atoms with Crippen molar-refractivity contribution in [3.8, 4) is 5.75 Å². The van der Waals surface area contributed by atoms with Gasteiger partial charge in [-0.05, 0) is 42.7 Å². The highest BCUT2D eigenvalue weighted by atomic mass is 35.5. The van der Waals surface area contributed by atoms with Crippen molar-refractivity contribution in [2.75, 3.05) is 7.11 Å².